The SMILES string of the molecule is CC[C@@H](C)[C@H](C(=O)OCC(=O)Nc1ccccc1C(C)C)c1ccccc1. The van der Waals surface area contributed by atoms with E-state index in [9.17, 15) is 9.59 Å². The molecular weight excluding hydrogens is 338 g/mol. The third kappa shape index (κ3) is 5.68. The summed E-state index contributed by atoms with van der Waals surface area (Å²) in [6, 6.07) is 17.3. The zero-order valence-electron chi connectivity index (χ0n) is 16.6. The summed E-state index contributed by atoms with van der Waals surface area (Å²) in [5, 5.41) is 2.85. The van der Waals surface area contributed by atoms with E-state index in [4.69, 9.17) is 4.74 Å². The van der Waals surface area contributed by atoms with Crippen LogP contribution in [0.15, 0.2) is 54.6 Å². The first-order chi connectivity index (χ1) is 12.9. The van der Waals surface area contributed by atoms with Crippen molar-refractivity contribution >= 4 is 17.6 Å². The Morgan fingerprint density at radius 3 is 2.22 bits per heavy atom. The normalized spacial score (nSPS) is 13.1. The van der Waals surface area contributed by atoms with Crippen molar-refractivity contribution in [3.63, 3.8) is 0 Å². The van der Waals surface area contributed by atoms with Gasteiger partial charge in [-0.2, -0.15) is 0 Å². The Bertz CT molecular complexity index is 755. The molecule has 0 aromatic heterocycles. The Balaban J connectivity index is 2.02. The predicted molar refractivity (Wildman–Crippen MR) is 109 cm³/mol. The van der Waals surface area contributed by atoms with E-state index in [1.54, 1.807) is 0 Å². The number of amides is 1. The number of anilines is 1. The van der Waals surface area contributed by atoms with Gasteiger partial charge in [0, 0.05) is 5.69 Å². The quantitative estimate of drug-likeness (QED) is 0.659. The molecule has 27 heavy (non-hydrogen) atoms. The fourth-order valence-electron chi connectivity index (χ4n) is 3.12. The number of carbonyl (C=O) groups is 2. The molecule has 0 radical (unpaired) electrons. The minimum absolute atomic E-state index is 0.129. The van der Waals surface area contributed by atoms with Crippen LogP contribution in [0.1, 0.15) is 57.1 Å². The minimum atomic E-state index is -0.369. The second-order valence-corrected chi connectivity index (χ2v) is 7.17. The van der Waals surface area contributed by atoms with E-state index in [1.165, 1.54) is 0 Å². The van der Waals surface area contributed by atoms with Crippen LogP contribution in [0.2, 0.25) is 0 Å². The number of hydrogen-bond donors (Lipinski definition) is 1. The van der Waals surface area contributed by atoms with Crippen molar-refractivity contribution in [2.24, 2.45) is 5.92 Å². The highest BCUT2D eigenvalue weighted by Crippen LogP contribution is 2.28. The van der Waals surface area contributed by atoms with Gasteiger partial charge >= 0.3 is 5.97 Å². The van der Waals surface area contributed by atoms with Crippen molar-refractivity contribution in [2.45, 2.75) is 46.0 Å². The van der Waals surface area contributed by atoms with Gasteiger partial charge in [-0.05, 0) is 29.0 Å². The summed E-state index contributed by atoms with van der Waals surface area (Å²) in [7, 11) is 0. The fraction of sp³-hybridized carbons (Fsp3) is 0.391. The molecule has 0 bridgehead atoms. The topological polar surface area (TPSA) is 55.4 Å². The third-order valence-corrected chi connectivity index (χ3v) is 4.83. The zero-order valence-corrected chi connectivity index (χ0v) is 16.6. The van der Waals surface area contributed by atoms with Gasteiger partial charge in [0.15, 0.2) is 6.61 Å². The van der Waals surface area contributed by atoms with Crippen LogP contribution in [0.3, 0.4) is 0 Å². The number of rotatable bonds is 8. The van der Waals surface area contributed by atoms with Crippen LogP contribution in [0.5, 0.6) is 0 Å². The molecule has 0 saturated carbocycles. The van der Waals surface area contributed by atoms with E-state index in [-0.39, 0.29) is 36.2 Å². The molecule has 2 aromatic carbocycles. The molecule has 0 aliphatic heterocycles. The van der Waals surface area contributed by atoms with Crippen molar-refractivity contribution in [3.8, 4) is 0 Å². The average molecular weight is 367 g/mol. The molecule has 0 unspecified atom stereocenters. The molecule has 144 valence electrons. The van der Waals surface area contributed by atoms with Crippen LogP contribution < -0.4 is 5.32 Å². The number of ether oxygens (including phenoxy) is 1. The minimum Gasteiger partial charge on any atom is -0.455 e. The highest BCUT2D eigenvalue weighted by atomic mass is 16.5. The number of para-hydroxylation sites is 1. The van der Waals surface area contributed by atoms with Crippen molar-refractivity contribution in [2.75, 3.05) is 11.9 Å². The molecule has 0 aliphatic rings. The van der Waals surface area contributed by atoms with E-state index in [2.05, 4.69) is 19.2 Å². The molecular formula is C23H29NO3. The van der Waals surface area contributed by atoms with Crippen molar-refractivity contribution in [1.82, 2.24) is 0 Å². The Hall–Kier alpha value is -2.62. The van der Waals surface area contributed by atoms with Gasteiger partial charge in [-0.25, -0.2) is 0 Å². The first-order valence-electron chi connectivity index (χ1n) is 9.54. The Kier molecular flexibility index (Phi) is 7.59. The van der Waals surface area contributed by atoms with E-state index < -0.39 is 0 Å². The molecule has 4 heteroatoms. The predicted octanol–water partition coefficient (Wildman–Crippen LogP) is 5.12. The van der Waals surface area contributed by atoms with Gasteiger partial charge in [0.2, 0.25) is 0 Å². The molecule has 0 heterocycles. The lowest BCUT2D eigenvalue weighted by Gasteiger charge is -2.22. The lowest BCUT2D eigenvalue weighted by molar-refractivity contribution is -0.150. The van der Waals surface area contributed by atoms with E-state index in [0.717, 1.165) is 23.2 Å². The Morgan fingerprint density at radius 1 is 0.963 bits per heavy atom. The third-order valence-electron chi connectivity index (χ3n) is 4.83. The monoisotopic (exact) mass is 367 g/mol. The van der Waals surface area contributed by atoms with Crippen LogP contribution >= 0.6 is 0 Å². The molecule has 0 aliphatic carbocycles. The fourth-order valence-corrected chi connectivity index (χ4v) is 3.12. The van der Waals surface area contributed by atoms with Gasteiger partial charge < -0.3 is 10.1 Å². The molecule has 0 spiro atoms. The highest BCUT2D eigenvalue weighted by Gasteiger charge is 2.27. The Morgan fingerprint density at radius 2 is 1.59 bits per heavy atom. The molecule has 2 rings (SSSR count). The lowest BCUT2D eigenvalue weighted by Crippen LogP contribution is -2.27. The zero-order chi connectivity index (χ0) is 19.8. The standard InChI is InChI=1S/C23H29NO3/c1-5-17(4)22(18-11-7-6-8-12-18)23(26)27-15-21(25)24-20-14-10-9-13-19(20)16(2)3/h6-14,16-17,22H,5,15H2,1-4H3,(H,24,25)/t17-,22+/m1/s1. The second-order valence-electron chi connectivity index (χ2n) is 7.17. The molecule has 0 saturated heterocycles. The van der Waals surface area contributed by atoms with E-state index in [1.807, 2.05) is 68.4 Å². The van der Waals surface area contributed by atoms with Crippen LogP contribution in [-0.2, 0) is 14.3 Å². The number of esters is 1. The second kappa shape index (κ2) is 9.91. The average Bonchev–Trinajstić information content (AvgIpc) is 2.67. The summed E-state index contributed by atoms with van der Waals surface area (Å²) < 4.78 is 5.36. The molecule has 1 N–H and O–H groups in total. The van der Waals surface area contributed by atoms with Gasteiger partial charge in [-0.1, -0.05) is 82.6 Å². The summed E-state index contributed by atoms with van der Waals surface area (Å²) in [4.78, 5) is 25.0. The summed E-state index contributed by atoms with van der Waals surface area (Å²) in [5.41, 5.74) is 2.73. The number of nitrogens with one attached hydrogen (secondary N) is 1. The molecule has 4 nitrogen and oxygen atoms in total. The van der Waals surface area contributed by atoms with Gasteiger partial charge in [0.05, 0.1) is 5.92 Å². The maximum atomic E-state index is 12.7. The maximum Gasteiger partial charge on any atom is 0.314 e. The van der Waals surface area contributed by atoms with Gasteiger partial charge in [0.1, 0.15) is 0 Å². The summed E-state index contributed by atoms with van der Waals surface area (Å²) in [5.74, 6) is -0.635. The van der Waals surface area contributed by atoms with Crippen LogP contribution in [0.25, 0.3) is 0 Å². The van der Waals surface area contributed by atoms with Crippen LogP contribution in [0.4, 0.5) is 5.69 Å². The summed E-state index contributed by atoms with van der Waals surface area (Å²) in [6.45, 7) is 7.93. The highest BCUT2D eigenvalue weighted by molar-refractivity contribution is 5.94. The van der Waals surface area contributed by atoms with Crippen molar-refractivity contribution < 1.29 is 14.3 Å². The largest absolute Gasteiger partial charge is 0.455 e. The van der Waals surface area contributed by atoms with E-state index in [0.29, 0.717) is 0 Å². The molecule has 2 aromatic rings. The number of carbonyl (C=O) groups excluding carboxylic acids is 2. The number of hydrogen-bond acceptors (Lipinski definition) is 3. The van der Waals surface area contributed by atoms with Crippen LogP contribution in [0, 0.1) is 5.92 Å². The lowest BCUT2D eigenvalue weighted by atomic mass is 9.86. The van der Waals surface area contributed by atoms with E-state index >= 15 is 0 Å². The maximum absolute atomic E-state index is 12.7. The number of benzene rings is 2. The van der Waals surface area contributed by atoms with Gasteiger partial charge in [-0.3, -0.25) is 9.59 Å². The first-order valence-corrected chi connectivity index (χ1v) is 9.54. The van der Waals surface area contributed by atoms with Crippen molar-refractivity contribution in [3.05, 3.63) is 65.7 Å². The molecule has 2 atom stereocenters. The van der Waals surface area contributed by atoms with Crippen molar-refractivity contribution in [1.29, 1.82) is 0 Å². The van der Waals surface area contributed by atoms with Crippen LogP contribution in [-0.4, -0.2) is 18.5 Å². The molecule has 1 amide bonds. The summed E-state index contributed by atoms with van der Waals surface area (Å²) >= 11 is 0. The smallest absolute Gasteiger partial charge is 0.314 e. The summed E-state index contributed by atoms with van der Waals surface area (Å²) in [6.07, 6.45) is 0.850. The van der Waals surface area contributed by atoms with Gasteiger partial charge in [-0.15, -0.1) is 0 Å². The Labute approximate surface area is 161 Å². The first kappa shape index (κ1) is 20.7. The van der Waals surface area contributed by atoms with Gasteiger partial charge in [0.25, 0.3) is 5.91 Å². The molecule has 0 fully saturated rings.